The summed E-state index contributed by atoms with van der Waals surface area (Å²) < 4.78 is 7.46. The first-order valence-corrected chi connectivity index (χ1v) is 7.90. The minimum Gasteiger partial charge on any atom is -0.381 e. The number of anilines is 1. The van der Waals surface area contributed by atoms with Crippen LogP contribution in [0.3, 0.4) is 0 Å². The summed E-state index contributed by atoms with van der Waals surface area (Å²) >= 11 is 8.73. The van der Waals surface area contributed by atoms with E-state index in [2.05, 4.69) is 54.7 Å². The highest BCUT2D eigenvalue weighted by molar-refractivity contribution is 9.11. The average Bonchev–Trinajstić information content (AvgIpc) is 2.76. The third kappa shape index (κ3) is 3.57. The lowest BCUT2D eigenvalue weighted by Gasteiger charge is -2.12. The molecule has 1 aromatic carbocycles. The Labute approximate surface area is 128 Å². The van der Waals surface area contributed by atoms with Crippen LogP contribution in [0.4, 0.5) is 5.69 Å². The fourth-order valence-electron chi connectivity index (χ4n) is 1.65. The molecule has 0 saturated heterocycles. The number of hydrogen-bond donors (Lipinski definition) is 1. The van der Waals surface area contributed by atoms with E-state index < -0.39 is 0 Å². The Morgan fingerprint density at radius 2 is 2.17 bits per heavy atom. The summed E-state index contributed by atoms with van der Waals surface area (Å²) in [7, 11) is 1.71. The SMILES string of the molecule is COCc1c(Br)cccc1NCc1csc(Br)c1. The van der Waals surface area contributed by atoms with Crippen molar-refractivity contribution >= 4 is 48.9 Å². The summed E-state index contributed by atoms with van der Waals surface area (Å²) in [6.45, 7) is 1.41. The van der Waals surface area contributed by atoms with Gasteiger partial charge in [-0.25, -0.2) is 0 Å². The molecule has 0 aliphatic carbocycles. The van der Waals surface area contributed by atoms with Crippen LogP contribution < -0.4 is 5.32 Å². The normalized spacial score (nSPS) is 10.6. The Morgan fingerprint density at radius 1 is 1.33 bits per heavy atom. The van der Waals surface area contributed by atoms with Gasteiger partial charge < -0.3 is 10.1 Å². The fraction of sp³-hybridized carbons (Fsp3) is 0.231. The van der Waals surface area contributed by atoms with Gasteiger partial charge in [0.25, 0.3) is 0 Å². The lowest BCUT2D eigenvalue weighted by atomic mass is 10.2. The van der Waals surface area contributed by atoms with Crippen molar-refractivity contribution in [3.63, 3.8) is 0 Å². The third-order valence-electron chi connectivity index (χ3n) is 2.51. The monoisotopic (exact) mass is 389 g/mol. The number of nitrogens with one attached hydrogen (secondary N) is 1. The number of thiophene rings is 1. The fourth-order valence-corrected chi connectivity index (χ4v) is 3.34. The van der Waals surface area contributed by atoms with Gasteiger partial charge in [-0.2, -0.15) is 0 Å². The molecule has 5 heteroatoms. The predicted molar refractivity (Wildman–Crippen MR) is 84.2 cm³/mol. The highest BCUT2D eigenvalue weighted by atomic mass is 79.9. The van der Waals surface area contributed by atoms with Crippen LogP contribution >= 0.6 is 43.2 Å². The zero-order chi connectivity index (χ0) is 13.0. The average molecular weight is 391 g/mol. The van der Waals surface area contributed by atoms with Crippen LogP contribution in [0.15, 0.2) is 37.9 Å². The molecule has 18 heavy (non-hydrogen) atoms. The summed E-state index contributed by atoms with van der Waals surface area (Å²) in [4.78, 5) is 0. The van der Waals surface area contributed by atoms with E-state index in [0.29, 0.717) is 6.61 Å². The first-order chi connectivity index (χ1) is 8.70. The predicted octanol–water partition coefficient (Wildman–Crippen LogP) is 5.03. The molecule has 1 aromatic heterocycles. The maximum Gasteiger partial charge on any atom is 0.0744 e. The van der Waals surface area contributed by atoms with Crippen molar-refractivity contribution in [2.75, 3.05) is 12.4 Å². The van der Waals surface area contributed by atoms with E-state index in [1.807, 2.05) is 12.1 Å². The number of halogens is 2. The van der Waals surface area contributed by atoms with Crippen LogP contribution in [0.2, 0.25) is 0 Å². The Bertz CT molecular complexity index is 527. The van der Waals surface area contributed by atoms with Gasteiger partial charge in [0.05, 0.1) is 10.4 Å². The number of benzene rings is 1. The lowest BCUT2D eigenvalue weighted by molar-refractivity contribution is 0.185. The summed E-state index contributed by atoms with van der Waals surface area (Å²) in [5, 5.41) is 5.59. The second-order valence-electron chi connectivity index (χ2n) is 3.81. The van der Waals surface area contributed by atoms with E-state index in [1.165, 1.54) is 5.56 Å². The Morgan fingerprint density at radius 3 is 2.83 bits per heavy atom. The van der Waals surface area contributed by atoms with E-state index >= 15 is 0 Å². The molecule has 2 nitrogen and oxygen atoms in total. The Hall–Kier alpha value is -0.360. The molecule has 0 aliphatic heterocycles. The third-order valence-corrected chi connectivity index (χ3v) is 4.81. The van der Waals surface area contributed by atoms with E-state index in [-0.39, 0.29) is 0 Å². The van der Waals surface area contributed by atoms with Crippen molar-refractivity contribution in [3.05, 3.63) is 49.0 Å². The molecular weight excluding hydrogens is 378 g/mol. The summed E-state index contributed by atoms with van der Waals surface area (Å²) in [5.41, 5.74) is 3.53. The smallest absolute Gasteiger partial charge is 0.0744 e. The molecule has 0 aliphatic rings. The van der Waals surface area contributed by atoms with Gasteiger partial charge in [0, 0.05) is 29.4 Å². The van der Waals surface area contributed by atoms with Gasteiger partial charge >= 0.3 is 0 Å². The van der Waals surface area contributed by atoms with Crippen LogP contribution in [0, 0.1) is 0 Å². The van der Waals surface area contributed by atoms with Gasteiger partial charge in [-0.15, -0.1) is 11.3 Å². The van der Waals surface area contributed by atoms with Gasteiger partial charge in [0.15, 0.2) is 0 Å². The largest absolute Gasteiger partial charge is 0.381 e. The van der Waals surface area contributed by atoms with E-state index in [4.69, 9.17) is 4.74 Å². The van der Waals surface area contributed by atoms with Crippen LogP contribution in [0.1, 0.15) is 11.1 Å². The molecular formula is C13H13Br2NOS. The first-order valence-electron chi connectivity index (χ1n) is 5.44. The molecule has 1 heterocycles. The van der Waals surface area contributed by atoms with E-state index in [1.54, 1.807) is 18.4 Å². The van der Waals surface area contributed by atoms with Crippen molar-refractivity contribution < 1.29 is 4.74 Å². The number of methoxy groups -OCH3 is 1. The number of ether oxygens (including phenoxy) is 1. The Balaban J connectivity index is 2.11. The van der Waals surface area contributed by atoms with Crippen LogP contribution in [0.25, 0.3) is 0 Å². The second-order valence-corrected chi connectivity index (χ2v) is 6.96. The topological polar surface area (TPSA) is 21.3 Å². The molecule has 0 fully saturated rings. The van der Waals surface area contributed by atoms with Gasteiger partial charge in [0.1, 0.15) is 0 Å². The highest BCUT2D eigenvalue weighted by Gasteiger charge is 2.06. The molecule has 0 atom stereocenters. The zero-order valence-electron chi connectivity index (χ0n) is 9.87. The van der Waals surface area contributed by atoms with Crippen molar-refractivity contribution in [2.45, 2.75) is 13.2 Å². The standard InChI is InChI=1S/C13H13Br2NOS/c1-17-7-10-11(14)3-2-4-12(10)16-6-9-5-13(15)18-8-9/h2-5,8,16H,6-7H2,1H3. The molecule has 2 aromatic rings. The van der Waals surface area contributed by atoms with Gasteiger partial charge in [-0.05, 0) is 45.1 Å². The molecule has 2 rings (SSSR count). The van der Waals surface area contributed by atoms with Gasteiger partial charge in [-0.3, -0.25) is 0 Å². The summed E-state index contributed by atoms with van der Waals surface area (Å²) in [6.07, 6.45) is 0. The molecule has 0 bridgehead atoms. The van der Waals surface area contributed by atoms with Gasteiger partial charge in [0.2, 0.25) is 0 Å². The first kappa shape index (κ1) is 14.1. The lowest BCUT2D eigenvalue weighted by Crippen LogP contribution is -2.03. The summed E-state index contributed by atoms with van der Waals surface area (Å²) in [6, 6.07) is 8.25. The highest BCUT2D eigenvalue weighted by Crippen LogP contribution is 2.27. The maximum atomic E-state index is 5.23. The maximum absolute atomic E-state index is 5.23. The minimum atomic E-state index is 0.594. The van der Waals surface area contributed by atoms with Crippen molar-refractivity contribution in [1.29, 1.82) is 0 Å². The number of hydrogen-bond acceptors (Lipinski definition) is 3. The van der Waals surface area contributed by atoms with Gasteiger partial charge in [-0.1, -0.05) is 22.0 Å². The second kappa shape index (κ2) is 6.70. The van der Waals surface area contributed by atoms with Crippen LogP contribution in [-0.2, 0) is 17.9 Å². The molecule has 96 valence electrons. The van der Waals surface area contributed by atoms with Crippen LogP contribution in [-0.4, -0.2) is 7.11 Å². The molecule has 0 saturated carbocycles. The molecule has 0 radical (unpaired) electrons. The van der Waals surface area contributed by atoms with Crippen molar-refractivity contribution in [3.8, 4) is 0 Å². The zero-order valence-corrected chi connectivity index (χ0v) is 13.9. The summed E-state index contributed by atoms with van der Waals surface area (Å²) in [5.74, 6) is 0. The molecule has 0 amide bonds. The van der Waals surface area contributed by atoms with Crippen LogP contribution in [0.5, 0.6) is 0 Å². The Kier molecular flexibility index (Phi) is 5.24. The van der Waals surface area contributed by atoms with E-state index in [0.717, 1.165) is 26.1 Å². The minimum absolute atomic E-state index is 0.594. The quantitative estimate of drug-likeness (QED) is 0.772. The molecule has 1 N–H and O–H groups in total. The van der Waals surface area contributed by atoms with Crippen molar-refractivity contribution in [2.24, 2.45) is 0 Å². The van der Waals surface area contributed by atoms with E-state index in [9.17, 15) is 0 Å². The number of rotatable bonds is 5. The van der Waals surface area contributed by atoms with Crippen molar-refractivity contribution in [1.82, 2.24) is 0 Å². The molecule has 0 spiro atoms. The molecule has 0 unspecified atom stereocenters.